The van der Waals surface area contributed by atoms with Crippen molar-refractivity contribution in [2.75, 3.05) is 0 Å². The van der Waals surface area contributed by atoms with Crippen LogP contribution in [0.3, 0.4) is 0 Å². The lowest BCUT2D eigenvalue weighted by Crippen LogP contribution is -2.45. The Kier molecular flexibility index (Phi) is 4.09. The van der Waals surface area contributed by atoms with Gasteiger partial charge in [0.2, 0.25) is 0 Å². The van der Waals surface area contributed by atoms with Gasteiger partial charge in [-0.3, -0.25) is 5.10 Å². The smallest absolute Gasteiger partial charge is 0.315 e. The first kappa shape index (κ1) is 17.3. The van der Waals surface area contributed by atoms with Gasteiger partial charge >= 0.3 is 6.03 Å². The number of halogens is 1. The molecule has 2 aromatic rings. The van der Waals surface area contributed by atoms with E-state index in [0.29, 0.717) is 35.7 Å². The van der Waals surface area contributed by atoms with Gasteiger partial charge in [0.05, 0.1) is 17.3 Å². The predicted octanol–water partition coefficient (Wildman–Crippen LogP) is 3.44. The summed E-state index contributed by atoms with van der Waals surface area (Å²) in [5.41, 5.74) is 0.782. The van der Waals surface area contributed by atoms with Crippen molar-refractivity contribution in [3.8, 4) is 0 Å². The number of carbonyl (C=O) groups excluding carboxylic acids is 1. The number of hydrogen-bond donors (Lipinski definition) is 4. The SMILES string of the molecule is O=C(NC1CCCCC1)NC1C2CC(O)(c3cc(Cl)cc4[nH]ncc34)CC21. The van der Waals surface area contributed by atoms with Crippen molar-refractivity contribution >= 4 is 28.5 Å². The Bertz CT molecular complexity index is 864. The molecule has 4 N–H and O–H groups in total. The molecule has 0 radical (unpaired) electrons. The van der Waals surface area contributed by atoms with Gasteiger partial charge in [0.25, 0.3) is 0 Å². The molecule has 1 aromatic carbocycles. The Balaban J connectivity index is 1.23. The third kappa shape index (κ3) is 3.09. The first-order valence-electron chi connectivity index (χ1n) is 9.96. The van der Waals surface area contributed by atoms with Crippen molar-refractivity contribution in [1.29, 1.82) is 0 Å². The molecule has 2 amide bonds. The number of nitrogens with one attached hydrogen (secondary N) is 3. The summed E-state index contributed by atoms with van der Waals surface area (Å²) in [6, 6.07) is 4.11. The minimum atomic E-state index is -0.902. The summed E-state index contributed by atoms with van der Waals surface area (Å²) in [4.78, 5) is 12.3. The molecular weight excluding hydrogens is 364 g/mol. The third-order valence-corrected chi connectivity index (χ3v) is 6.96. The molecule has 3 fully saturated rings. The Labute approximate surface area is 163 Å². The van der Waals surface area contributed by atoms with Crippen molar-refractivity contribution in [2.24, 2.45) is 11.8 Å². The second-order valence-corrected chi connectivity index (χ2v) is 8.97. The van der Waals surface area contributed by atoms with E-state index in [4.69, 9.17) is 11.6 Å². The molecule has 5 rings (SSSR count). The number of rotatable bonds is 3. The van der Waals surface area contributed by atoms with Crippen LogP contribution in [0.2, 0.25) is 5.02 Å². The van der Waals surface area contributed by atoms with E-state index >= 15 is 0 Å². The van der Waals surface area contributed by atoms with E-state index < -0.39 is 5.60 Å². The van der Waals surface area contributed by atoms with E-state index in [9.17, 15) is 9.90 Å². The molecule has 7 heteroatoms. The third-order valence-electron chi connectivity index (χ3n) is 6.74. The van der Waals surface area contributed by atoms with E-state index in [1.807, 2.05) is 12.1 Å². The highest BCUT2D eigenvalue weighted by Crippen LogP contribution is 2.60. The minimum absolute atomic E-state index is 0.0511. The highest BCUT2D eigenvalue weighted by Gasteiger charge is 2.62. The zero-order chi connectivity index (χ0) is 18.6. The molecule has 0 aliphatic heterocycles. The fraction of sp³-hybridized carbons (Fsp3) is 0.600. The van der Waals surface area contributed by atoms with Gasteiger partial charge in [0.15, 0.2) is 0 Å². The van der Waals surface area contributed by atoms with Gasteiger partial charge in [0, 0.05) is 22.5 Å². The van der Waals surface area contributed by atoms with Crippen LogP contribution in [-0.2, 0) is 5.60 Å². The van der Waals surface area contributed by atoms with Crippen LogP contribution < -0.4 is 10.6 Å². The Morgan fingerprint density at radius 2 is 1.93 bits per heavy atom. The van der Waals surface area contributed by atoms with Crippen molar-refractivity contribution in [3.05, 3.63) is 28.9 Å². The maximum atomic E-state index is 12.3. The Hall–Kier alpha value is -1.79. The second kappa shape index (κ2) is 6.38. The van der Waals surface area contributed by atoms with Crippen LogP contribution >= 0.6 is 11.6 Å². The largest absolute Gasteiger partial charge is 0.385 e. The molecule has 1 heterocycles. The molecule has 0 saturated heterocycles. The molecule has 2 unspecified atom stereocenters. The number of benzene rings is 1. The number of H-pyrrole nitrogens is 1. The van der Waals surface area contributed by atoms with Crippen LogP contribution in [0.5, 0.6) is 0 Å². The van der Waals surface area contributed by atoms with Gasteiger partial charge < -0.3 is 15.7 Å². The quantitative estimate of drug-likeness (QED) is 0.649. The van der Waals surface area contributed by atoms with Crippen molar-refractivity contribution in [3.63, 3.8) is 0 Å². The van der Waals surface area contributed by atoms with Crippen LogP contribution in [0.25, 0.3) is 10.9 Å². The van der Waals surface area contributed by atoms with E-state index in [-0.39, 0.29) is 12.1 Å². The number of hydrogen-bond acceptors (Lipinski definition) is 3. The standard InChI is InChI=1S/C20H25ClN4O2/c21-11-6-16(15-10-22-25-17(15)7-11)20(27)8-13-14(9-20)18(13)24-19(26)23-12-4-2-1-3-5-12/h6-7,10,12-14,18,27H,1-5,8-9H2,(H,22,25)(H2,23,24,26). The van der Waals surface area contributed by atoms with Gasteiger partial charge in [-0.15, -0.1) is 0 Å². The maximum absolute atomic E-state index is 12.3. The maximum Gasteiger partial charge on any atom is 0.315 e. The van der Waals surface area contributed by atoms with Crippen molar-refractivity contribution in [1.82, 2.24) is 20.8 Å². The highest BCUT2D eigenvalue weighted by atomic mass is 35.5. The number of aromatic amines is 1. The van der Waals surface area contributed by atoms with Gasteiger partial charge in [-0.1, -0.05) is 30.9 Å². The fourth-order valence-electron chi connectivity index (χ4n) is 5.33. The topological polar surface area (TPSA) is 90.0 Å². The summed E-state index contributed by atoms with van der Waals surface area (Å²) in [6.45, 7) is 0. The van der Waals surface area contributed by atoms with Gasteiger partial charge in [-0.05, 0) is 55.2 Å². The molecule has 0 bridgehead atoms. The molecule has 144 valence electrons. The minimum Gasteiger partial charge on any atom is -0.385 e. The molecule has 6 nitrogen and oxygen atoms in total. The summed E-state index contributed by atoms with van der Waals surface area (Å²) in [5, 5.41) is 26.1. The zero-order valence-electron chi connectivity index (χ0n) is 15.2. The first-order valence-corrected chi connectivity index (χ1v) is 10.3. The van der Waals surface area contributed by atoms with Crippen LogP contribution in [0.1, 0.15) is 50.5 Å². The molecular formula is C20H25ClN4O2. The molecule has 27 heavy (non-hydrogen) atoms. The van der Waals surface area contributed by atoms with Gasteiger partial charge in [-0.25, -0.2) is 4.79 Å². The summed E-state index contributed by atoms with van der Waals surface area (Å²) in [5.74, 6) is 0.654. The lowest BCUT2D eigenvalue weighted by molar-refractivity contribution is 0.0299. The molecule has 3 aliphatic carbocycles. The number of amides is 2. The van der Waals surface area contributed by atoms with Crippen LogP contribution in [0.15, 0.2) is 18.3 Å². The summed E-state index contributed by atoms with van der Waals surface area (Å²) in [7, 11) is 0. The molecule has 3 saturated carbocycles. The van der Waals surface area contributed by atoms with Gasteiger partial charge in [0.1, 0.15) is 0 Å². The summed E-state index contributed by atoms with van der Waals surface area (Å²) < 4.78 is 0. The summed E-state index contributed by atoms with van der Waals surface area (Å²) in [6.07, 6.45) is 8.89. The van der Waals surface area contributed by atoms with Crippen LogP contribution in [-0.4, -0.2) is 33.4 Å². The average Bonchev–Trinajstić information content (AvgIpc) is 3.02. The summed E-state index contributed by atoms with van der Waals surface area (Å²) >= 11 is 6.23. The number of urea groups is 1. The van der Waals surface area contributed by atoms with Crippen LogP contribution in [0.4, 0.5) is 4.79 Å². The Morgan fingerprint density at radius 1 is 1.19 bits per heavy atom. The van der Waals surface area contributed by atoms with Crippen LogP contribution in [0, 0.1) is 11.8 Å². The lowest BCUT2D eigenvalue weighted by atomic mass is 9.86. The highest BCUT2D eigenvalue weighted by molar-refractivity contribution is 6.31. The van der Waals surface area contributed by atoms with E-state index in [2.05, 4.69) is 20.8 Å². The number of aromatic nitrogens is 2. The normalized spacial score (nSPS) is 33.0. The van der Waals surface area contributed by atoms with Gasteiger partial charge in [-0.2, -0.15) is 5.10 Å². The predicted molar refractivity (Wildman–Crippen MR) is 104 cm³/mol. The number of nitrogens with zero attached hydrogens (tertiary/aromatic N) is 1. The fourth-order valence-corrected chi connectivity index (χ4v) is 5.54. The molecule has 2 atom stereocenters. The van der Waals surface area contributed by atoms with Crippen molar-refractivity contribution in [2.45, 2.75) is 62.6 Å². The average molecular weight is 389 g/mol. The molecule has 3 aliphatic rings. The Morgan fingerprint density at radius 3 is 2.67 bits per heavy atom. The van der Waals surface area contributed by atoms with Crippen molar-refractivity contribution < 1.29 is 9.90 Å². The number of aliphatic hydroxyl groups is 1. The monoisotopic (exact) mass is 388 g/mol. The van der Waals surface area contributed by atoms with E-state index in [1.165, 1.54) is 19.3 Å². The molecule has 0 spiro atoms. The van der Waals surface area contributed by atoms with E-state index in [0.717, 1.165) is 29.3 Å². The molecule has 1 aromatic heterocycles. The number of fused-ring (bicyclic) bond motifs is 2. The van der Waals surface area contributed by atoms with E-state index in [1.54, 1.807) is 6.20 Å². The number of carbonyl (C=O) groups is 1. The zero-order valence-corrected chi connectivity index (χ0v) is 15.9. The second-order valence-electron chi connectivity index (χ2n) is 8.53. The lowest BCUT2D eigenvalue weighted by Gasteiger charge is -2.28. The first-order chi connectivity index (χ1) is 13.0.